The van der Waals surface area contributed by atoms with E-state index in [2.05, 4.69) is 16.9 Å². The standard InChI is InChI=1S/C14H9F3NO4S2.C2H4/c15-11-3-7-13(8-4-11)24(20,21)18-23(19)22-12-5-1-10(2-6-12)9-14(16)17;1-2/h1-9H;1-2H2/q-1;. The van der Waals surface area contributed by atoms with Crippen molar-refractivity contribution >= 4 is 27.0 Å². The Labute approximate surface area is 150 Å². The lowest BCUT2D eigenvalue weighted by Gasteiger charge is -2.10. The summed E-state index contributed by atoms with van der Waals surface area (Å²) < 4.78 is 80.2. The minimum Gasteiger partial charge on any atom is -0.546 e. The minimum atomic E-state index is -4.30. The summed E-state index contributed by atoms with van der Waals surface area (Å²) in [6, 6.07) is 8.76. The first-order valence-electron chi connectivity index (χ1n) is 6.73. The van der Waals surface area contributed by atoms with E-state index in [9.17, 15) is 25.8 Å². The van der Waals surface area contributed by atoms with Crippen LogP contribution in [0.2, 0.25) is 0 Å². The smallest absolute Gasteiger partial charge is 0.270 e. The number of nitrogens with zero attached hydrogens (tertiary/aromatic N) is 1. The Morgan fingerprint density at radius 2 is 1.58 bits per heavy atom. The molecule has 0 N–H and O–H groups in total. The Hall–Kier alpha value is -2.59. The van der Waals surface area contributed by atoms with E-state index in [1.165, 1.54) is 24.3 Å². The molecule has 10 heteroatoms. The first-order chi connectivity index (χ1) is 12.3. The molecule has 0 aliphatic rings. The zero-order valence-electron chi connectivity index (χ0n) is 13.1. The molecule has 0 saturated heterocycles. The molecular weight excluding hydrogens is 391 g/mol. The van der Waals surface area contributed by atoms with Gasteiger partial charge in [0.1, 0.15) is 11.6 Å². The van der Waals surface area contributed by atoms with Gasteiger partial charge in [-0.25, -0.2) is 16.6 Å². The van der Waals surface area contributed by atoms with Gasteiger partial charge in [0.05, 0.1) is 4.90 Å². The lowest BCUT2D eigenvalue weighted by atomic mass is 10.2. The molecule has 0 fully saturated rings. The van der Waals surface area contributed by atoms with E-state index in [0.717, 1.165) is 24.3 Å². The van der Waals surface area contributed by atoms with Crippen molar-refractivity contribution in [1.29, 1.82) is 0 Å². The van der Waals surface area contributed by atoms with Crippen molar-refractivity contribution in [3.8, 4) is 5.75 Å². The fraction of sp³-hybridized carbons (Fsp3) is 0. The van der Waals surface area contributed by atoms with Crippen molar-refractivity contribution in [2.45, 2.75) is 4.90 Å². The average molecular weight is 404 g/mol. The molecule has 0 bridgehead atoms. The van der Waals surface area contributed by atoms with Gasteiger partial charge in [-0.05, 0) is 42.0 Å². The van der Waals surface area contributed by atoms with Gasteiger partial charge in [0.25, 0.3) is 16.1 Å². The Kier molecular flexibility index (Phi) is 8.07. The molecule has 2 aromatic rings. The monoisotopic (exact) mass is 404 g/mol. The molecule has 26 heavy (non-hydrogen) atoms. The van der Waals surface area contributed by atoms with Gasteiger partial charge in [0, 0.05) is 17.0 Å². The topological polar surface area (TPSA) is 72.8 Å². The number of rotatable bonds is 5. The van der Waals surface area contributed by atoms with Crippen molar-refractivity contribution < 1.29 is 30.0 Å². The van der Waals surface area contributed by atoms with Gasteiger partial charge in [-0.1, -0.05) is 12.1 Å². The van der Waals surface area contributed by atoms with Crippen LogP contribution in [0.25, 0.3) is 6.08 Å². The van der Waals surface area contributed by atoms with E-state index in [0.29, 0.717) is 6.08 Å². The molecule has 0 unspecified atom stereocenters. The van der Waals surface area contributed by atoms with E-state index in [1.54, 1.807) is 0 Å². The van der Waals surface area contributed by atoms with Crippen LogP contribution in [0.1, 0.15) is 5.56 Å². The zero-order valence-corrected chi connectivity index (χ0v) is 14.8. The van der Waals surface area contributed by atoms with Crippen LogP contribution in [-0.4, -0.2) is 8.42 Å². The third-order valence-electron chi connectivity index (χ3n) is 2.59. The van der Waals surface area contributed by atoms with E-state index < -0.39 is 32.8 Å². The van der Waals surface area contributed by atoms with Crippen LogP contribution in [0, 0.1) is 5.82 Å². The van der Waals surface area contributed by atoms with Crippen molar-refractivity contribution in [2.24, 2.45) is 3.77 Å². The maximum Gasteiger partial charge on any atom is 0.270 e. The molecule has 0 heterocycles. The summed E-state index contributed by atoms with van der Waals surface area (Å²) in [7, 11) is -6.88. The van der Waals surface area contributed by atoms with Crippen LogP contribution in [0.4, 0.5) is 13.2 Å². The van der Waals surface area contributed by atoms with E-state index >= 15 is 0 Å². The second kappa shape index (κ2) is 9.78. The predicted octanol–water partition coefficient (Wildman–Crippen LogP) is 4.70. The fourth-order valence-corrected chi connectivity index (χ4v) is 3.44. The first-order valence-corrected chi connectivity index (χ1v) is 9.20. The number of benzene rings is 2. The van der Waals surface area contributed by atoms with Gasteiger partial charge >= 0.3 is 0 Å². The summed E-state index contributed by atoms with van der Waals surface area (Å²) in [6.45, 7) is 6.00. The van der Waals surface area contributed by atoms with Gasteiger partial charge in [0.2, 0.25) is 0 Å². The molecule has 2 rings (SSSR count). The second-order valence-electron chi connectivity index (χ2n) is 4.31. The minimum absolute atomic E-state index is 0.0252. The van der Waals surface area contributed by atoms with Gasteiger partial charge in [0.15, 0.2) is 0 Å². The van der Waals surface area contributed by atoms with E-state index in [1.807, 2.05) is 0 Å². The maximum atomic E-state index is 12.8. The quantitative estimate of drug-likeness (QED) is 0.535. The highest BCUT2D eigenvalue weighted by Gasteiger charge is 2.09. The van der Waals surface area contributed by atoms with Crippen molar-refractivity contribution in [3.63, 3.8) is 0 Å². The summed E-state index contributed by atoms with van der Waals surface area (Å²) >= 11 is 0. The molecule has 0 radical (unpaired) electrons. The van der Waals surface area contributed by atoms with Crippen LogP contribution < -0.4 is 4.18 Å². The number of halogens is 3. The highest BCUT2D eigenvalue weighted by atomic mass is 32.3. The van der Waals surface area contributed by atoms with E-state index in [4.69, 9.17) is 4.18 Å². The van der Waals surface area contributed by atoms with Crippen LogP contribution in [-0.2, 0) is 25.1 Å². The summed E-state index contributed by atoms with van der Waals surface area (Å²) in [4.78, 5) is -0.347. The van der Waals surface area contributed by atoms with Gasteiger partial charge in [-0.3, -0.25) is 0 Å². The molecule has 0 aromatic heterocycles. The molecule has 0 aliphatic carbocycles. The van der Waals surface area contributed by atoms with Crippen molar-refractivity contribution in [3.05, 3.63) is 79.2 Å². The number of sulfonamides is 1. The van der Waals surface area contributed by atoms with Crippen molar-refractivity contribution in [2.75, 3.05) is 0 Å². The molecule has 5 nitrogen and oxygen atoms in total. The van der Waals surface area contributed by atoms with Gasteiger partial charge in [-0.2, -0.15) is 8.78 Å². The SMILES string of the molecule is C=C.O=[S-](=NS(=O)(=O)c1ccc(F)cc1)Oc1ccc(C=C(F)F)cc1. The second-order valence-corrected chi connectivity index (χ2v) is 6.93. The van der Waals surface area contributed by atoms with E-state index in [-0.39, 0.29) is 16.2 Å². The Balaban J connectivity index is 0.00000163. The van der Waals surface area contributed by atoms with Crippen LogP contribution in [0.15, 0.2) is 76.4 Å². The number of hydrogen-bond acceptors (Lipinski definition) is 5. The summed E-state index contributed by atoms with van der Waals surface area (Å²) in [5.41, 5.74) is 0.184. The van der Waals surface area contributed by atoms with Crippen LogP contribution >= 0.6 is 0 Å². The Morgan fingerprint density at radius 3 is 2.08 bits per heavy atom. The van der Waals surface area contributed by atoms with Crippen LogP contribution in [0.3, 0.4) is 0 Å². The molecule has 0 spiro atoms. The fourth-order valence-electron chi connectivity index (χ4n) is 1.57. The lowest BCUT2D eigenvalue weighted by Crippen LogP contribution is -2.00. The first kappa shape index (κ1) is 21.5. The molecule has 0 atom stereocenters. The average Bonchev–Trinajstić information content (AvgIpc) is 2.58. The van der Waals surface area contributed by atoms with Crippen LogP contribution in [0.5, 0.6) is 5.75 Å². The van der Waals surface area contributed by atoms with Gasteiger partial charge in [-0.15, -0.1) is 13.2 Å². The summed E-state index contributed by atoms with van der Waals surface area (Å²) in [6.07, 6.45) is -1.27. The maximum absolute atomic E-state index is 12.8. The third-order valence-corrected chi connectivity index (χ3v) is 5.07. The molecule has 140 valence electrons. The lowest BCUT2D eigenvalue weighted by molar-refractivity contribution is 0.429. The normalized spacial score (nSPS) is 11.8. The summed E-state index contributed by atoms with van der Waals surface area (Å²) in [5.74, 6) is -0.659. The molecular formula is C16H13F3NO4S2-. The molecule has 0 saturated carbocycles. The zero-order chi connectivity index (χ0) is 19.7. The number of hydrogen-bond donors (Lipinski definition) is 0. The van der Waals surface area contributed by atoms with Crippen molar-refractivity contribution in [1.82, 2.24) is 0 Å². The van der Waals surface area contributed by atoms with Gasteiger partial charge < -0.3 is 8.39 Å². The molecule has 2 aromatic carbocycles. The summed E-state index contributed by atoms with van der Waals surface area (Å²) in [5, 5.41) is 0. The Morgan fingerprint density at radius 1 is 1.04 bits per heavy atom. The Bertz CT molecular complexity index is 946. The predicted molar refractivity (Wildman–Crippen MR) is 92.6 cm³/mol. The third kappa shape index (κ3) is 6.73. The molecule has 0 aliphatic heterocycles. The highest BCUT2D eigenvalue weighted by Crippen LogP contribution is 2.17. The highest BCUT2D eigenvalue weighted by molar-refractivity contribution is 7.95. The largest absolute Gasteiger partial charge is 0.546 e. The molecule has 0 amide bonds.